The molecule has 2 unspecified atom stereocenters. The van der Waals surface area contributed by atoms with Crippen LogP contribution < -0.4 is 10.5 Å². The summed E-state index contributed by atoms with van der Waals surface area (Å²) < 4.78 is 11.4. The molecule has 2 aromatic rings. The number of benzene rings is 1. The van der Waals surface area contributed by atoms with Gasteiger partial charge in [0.2, 0.25) is 0 Å². The van der Waals surface area contributed by atoms with Gasteiger partial charge in [-0.15, -0.1) is 0 Å². The summed E-state index contributed by atoms with van der Waals surface area (Å²) in [5, 5.41) is 10.9. The van der Waals surface area contributed by atoms with Crippen LogP contribution in [0.5, 0.6) is 5.75 Å². The molecule has 2 heterocycles. The maximum atomic E-state index is 10.9. The number of para-hydroxylation sites is 1. The highest BCUT2D eigenvalue weighted by Crippen LogP contribution is 2.46. The van der Waals surface area contributed by atoms with Crippen LogP contribution >= 0.6 is 0 Å². The predicted octanol–water partition coefficient (Wildman–Crippen LogP) is 2.55. The van der Waals surface area contributed by atoms with Crippen molar-refractivity contribution < 1.29 is 14.3 Å². The van der Waals surface area contributed by atoms with Gasteiger partial charge in [0.15, 0.2) is 0 Å². The average molecular weight is 287 g/mol. The zero-order chi connectivity index (χ0) is 14.9. The number of aryl methyl sites for hydroxylation is 1. The number of nitrogens with two attached hydrogens (primary N) is 1. The molecule has 0 fully saturated rings. The van der Waals surface area contributed by atoms with Crippen molar-refractivity contribution in [1.29, 1.82) is 0 Å². The van der Waals surface area contributed by atoms with E-state index < -0.39 is 11.5 Å². The van der Waals surface area contributed by atoms with Crippen LogP contribution in [-0.4, -0.2) is 18.3 Å². The van der Waals surface area contributed by atoms with Crippen molar-refractivity contribution in [3.8, 4) is 5.75 Å². The second-order valence-electron chi connectivity index (χ2n) is 5.52. The Kier molecular flexibility index (Phi) is 3.74. The van der Waals surface area contributed by atoms with E-state index in [-0.39, 0.29) is 0 Å². The minimum atomic E-state index is -0.771. The molecule has 0 spiro atoms. The molecular formula is C17H21NO3. The minimum Gasteiger partial charge on any atom is -0.493 e. The van der Waals surface area contributed by atoms with Gasteiger partial charge in [-0.05, 0) is 24.6 Å². The highest BCUT2D eigenvalue weighted by Gasteiger charge is 2.44. The lowest BCUT2D eigenvalue weighted by molar-refractivity contribution is 0.0368. The number of fused-ring (bicyclic) bond motifs is 1. The number of hydrogen-bond donors (Lipinski definition) is 2. The average Bonchev–Trinajstić information content (AvgIpc) is 3.02. The van der Waals surface area contributed by atoms with Gasteiger partial charge in [-0.2, -0.15) is 0 Å². The van der Waals surface area contributed by atoms with E-state index in [0.29, 0.717) is 25.3 Å². The molecule has 0 bridgehead atoms. The number of hydrogen-bond acceptors (Lipinski definition) is 4. The van der Waals surface area contributed by atoms with E-state index in [9.17, 15) is 5.11 Å². The van der Waals surface area contributed by atoms with Crippen molar-refractivity contribution in [2.75, 3.05) is 13.2 Å². The Bertz CT molecular complexity index is 622. The van der Waals surface area contributed by atoms with Gasteiger partial charge in [0, 0.05) is 23.9 Å². The third kappa shape index (κ3) is 2.24. The van der Waals surface area contributed by atoms with Gasteiger partial charge in [0.05, 0.1) is 6.61 Å². The quantitative estimate of drug-likeness (QED) is 0.906. The van der Waals surface area contributed by atoms with Gasteiger partial charge in [0.1, 0.15) is 23.4 Å². The Hall–Kier alpha value is -1.78. The summed E-state index contributed by atoms with van der Waals surface area (Å²) in [6.07, 6.45) is 0.708. The Morgan fingerprint density at radius 1 is 1.29 bits per heavy atom. The van der Waals surface area contributed by atoms with Crippen LogP contribution in [0.2, 0.25) is 0 Å². The fraction of sp³-hybridized carbons (Fsp3) is 0.412. The van der Waals surface area contributed by atoms with Crippen LogP contribution in [-0.2, 0) is 11.8 Å². The van der Waals surface area contributed by atoms with Crippen LogP contribution in [0.1, 0.15) is 36.5 Å². The standard InChI is InChI=1S/C17H21NO3/c1-2-12-7-8-15(21-12)16(19)17(11-18)9-10-20-14-6-4-3-5-13(14)17/h3-8,16,19H,2,9-11,18H2,1H3. The Morgan fingerprint density at radius 3 is 2.81 bits per heavy atom. The molecule has 0 radical (unpaired) electrons. The van der Waals surface area contributed by atoms with Crippen molar-refractivity contribution in [2.24, 2.45) is 5.73 Å². The second kappa shape index (κ2) is 5.54. The SMILES string of the molecule is CCc1ccc(C(O)C2(CN)CCOc3ccccc32)o1. The fourth-order valence-corrected chi connectivity index (χ4v) is 3.09. The molecule has 0 amide bonds. The van der Waals surface area contributed by atoms with Crippen LogP contribution in [0.4, 0.5) is 0 Å². The van der Waals surface area contributed by atoms with Crippen molar-refractivity contribution in [1.82, 2.24) is 0 Å². The smallest absolute Gasteiger partial charge is 0.133 e. The van der Waals surface area contributed by atoms with E-state index in [1.807, 2.05) is 43.3 Å². The van der Waals surface area contributed by atoms with E-state index >= 15 is 0 Å². The van der Waals surface area contributed by atoms with Crippen molar-refractivity contribution >= 4 is 0 Å². The molecule has 1 aromatic carbocycles. The number of aliphatic hydroxyl groups excluding tert-OH is 1. The third-order valence-electron chi connectivity index (χ3n) is 4.42. The number of furan rings is 1. The minimum absolute atomic E-state index is 0.344. The molecule has 0 saturated heterocycles. The van der Waals surface area contributed by atoms with Gasteiger partial charge >= 0.3 is 0 Å². The van der Waals surface area contributed by atoms with Crippen molar-refractivity contribution in [2.45, 2.75) is 31.3 Å². The third-order valence-corrected chi connectivity index (χ3v) is 4.42. The monoisotopic (exact) mass is 287 g/mol. The van der Waals surface area contributed by atoms with Gasteiger partial charge in [0.25, 0.3) is 0 Å². The summed E-state index contributed by atoms with van der Waals surface area (Å²) in [4.78, 5) is 0. The van der Waals surface area contributed by atoms with Crippen LogP contribution in [0, 0.1) is 0 Å². The number of aliphatic hydroxyl groups is 1. The van der Waals surface area contributed by atoms with E-state index in [0.717, 1.165) is 23.5 Å². The lowest BCUT2D eigenvalue weighted by Crippen LogP contribution is -2.44. The van der Waals surface area contributed by atoms with Crippen LogP contribution in [0.15, 0.2) is 40.8 Å². The van der Waals surface area contributed by atoms with E-state index in [2.05, 4.69) is 0 Å². The molecule has 1 aliphatic heterocycles. The van der Waals surface area contributed by atoms with Crippen LogP contribution in [0.25, 0.3) is 0 Å². The highest BCUT2D eigenvalue weighted by atomic mass is 16.5. The van der Waals surface area contributed by atoms with Gasteiger partial charge < -0.3 is 20.0 Å². The zero-order valence-corrected chi connectivity index (χ0v) is 12.2. The molecule has 0 saturated carbocycles. The maximum Gasteiger partial charge on any atom is 0.133 e. The topological polar surface area (TPSA) is 68.6 Å². The first-order valence-corrected chi connectivity index (χ1v) is 7.40. The van der Waals surface area contributed by atoms with Gasteiger partial charge in [-0.1, -0.05) is 25.1 Å². The molecule has 0 aliphatic carbocycles. The first-order valence-electron chi connectivity index (χ1n) is 7.40. The number of ether oxygens (including phenoxy) is 1. The van der Waals surface area contributed by atoms with Crippen LogP contribution in [0.3, 0.4) is 0 Å². The molecule has 1 aromatic heterocycles. The first kappa shape index (κ1) is 14.2. The summed E-state index contributed by atoms with van der Waals surface area (Å²) in [5.41, 5.74) is 6.47. The molecule has 4 heteroatoms. The Labute approximate surface area is 124 Å². The van der Waals surface area contributed by atoms with E-state index in [1.165, 1.54) is 0 Å². The largest absolute Gasteiger partial charge is 0.493 e. The first-order chi connectivity index (χ1) is 10.2. The summed E-state index contributed by atoms with van der Waals surface area (Å²) in [7, 11) is 0. The molecule has 2 atom stereocenters. The molecule has 3 N–H and O–H groups in total. The second-order valence-corrected chi connectivity index (χ2v) is 5.52. The Balaban J connectivity index is 2.04. The van der Waals surface area contributed by atoms with Gasteiger partial charge in [-0.3, -0.25) is 0 Å². The molecule has 1 aliphatic rings. The fourth-order valence-electron chi connectivity index (χ4n) is 3.09. The molecule has 21 heavy (non-hydrogen) atoms. The normalized spacial score (nSPS) is 22.4. The summed E-state index contributed by atoms with van der Waals surface area (Å²) in [5.74, 6) is 2.25. The summed E-state index contributed by atoms with van der Waals surface area (Å²) in [6, 6.07) is 11.5. The lowest BCUT2D eigenvalue weighted by Gasteiger charge is -2.40. The van der Waals surface area contributed by atoms with Crippen molar-refractivity contribution in [3.05, 3.63) is 53.5 Å². The molecule has 4 nitrogen and oxygen atoms in total. The van der Waals surface area contributed by atoms with Crippen molar-refractivity contribution in [3.63, 3.8) is 0 Å². The summed E-state index contributed by atoms with van der Waals surface area (Å²) >= 11 is 0. The molecular weight excluding hydrogens is 266 g/mol. The summed E-state index contributed by atoms with van der Waals surface area (Å²) in [6.45, 7) is 2.92. The Morgan fingerprint density at radius 2 is 2.10 bits per heavy atom. The zero-order valence-electron chi connectivity index (χ0n) is 12.2. The predicted molar refractivity (Wildman–Crippen MR) is 80.3 cm³/mol. The molecule has 3 rings (SSSR count). The maximum absolute atomic E-state index is 10.9. The molecule has 112 valence electrons. The lowest BCUT2D eigenvalue weighted by atomic mass is 9.71. The number of rotatable bonds is 4. The van der Waals surface area contributed by atoms with E-state index in [1.54, 1.807) is 0 Å². The highest BCUT2D eigenvalue weighted by molar-refractivity contribution is 5.43. The van der Waals surface area contributed by atoms with E-state index in [4.69, 9.17) is 14.9 Å². The van der Waals surface area contributed by atoms with Gasteiger partial charge in [-0.25, -0.2) is 0 Å².